The molecule has 0 bridgehead atoms. The van der Waals surface area contributed by atoms with Crippen LogP contribution in [0.25, 0.3) is 0 Å². The second kappa shape index (κ2) is 3.82. The Labute approximate surface area is 54.8 Å². The highest BCUT2D eigenvalue weighted by Gasteiger charge is 2.15. The Morgan fingerprint density at radius 2 is 2.44 bits per heavy atom. The summed E-state index contributed by atoms with van der Waals surface area (Å²) in [6.07, 6.45) is 3.14. The van der Waals surface area contributed by atoms with Crippen molar-refractivity contribution < 1.29 is 14.5 Å². The summed E-state index contributed by atoms with van der Waals surface area (Å²) in [5, 5.41) is 0. The van der Waals surface area contributed by atoms with Crippen molar-refractivity contribution in [2.75, 3.05) is 6.79 Å². The smallest absolute Gasteiger partial charge is 0.194 e. The molecular weight excluding hydrogens is 120 g/mol. The van der Waals surface area contributed by atoms with Crippen LogP contribution in [0.4, 0.5) is 0 Å². The average Bonchev–Trinajstić information content (AvgIpc) is 2.34. The minimum absolute atomic E-state index is 0.107. The lowest BCUT2D eigenvalue weighted by Gasteiger charge is -2.02. The first-order valence-electron chi connectivity index (χ1n) is 3.33. The number of unbranched alkanes of at least 4 members (excludes halogenated alkanes) is 1. The Bertz CT molecular complexity index is 68.7. The first-order chi connectivity index (χ1) is 4.43. The highest BCUT2D eigenvalue weighted by Crippen LogP contribution is 2.11. The van der Waals surface area contributed by atoms with Crippen LogP contribution in [0.1, 0.15) is 26.2 Å². The number of rotatable bonds is 3. The van der Waals surface area contributed by atoms with Gasteiger partial charge < -0.3 is 4.74 Å². The van der Waals surface area contributed by atoms with Crippen LogP contribution in [0.2, 0.25) is 0 Å². The summed E-state index contributed by atoms with van der Waals surface area (Å²) >= 11 is 0. The van der Waals surface area contributed by atoms with Gasteiger partial charge in [0.25, 0.3) is 0 Å². The largest absolute Gasteiger partial charge is 0.320 e. The molecule has 1 fully saturated rings. The molecule has 0 radical (unpaired) electrons. The van der Waals surface area contributed by atoms with Gasteiger partial charge in [-0.1, -0.05) is 13.3 Å². The zero-order valence-electron chi connectivity index (χ0n) is 5.63. The van der Waals surface area contributed by atoms with Crippen molar-refractivity contribution in [1.82, 2.24) is 0 Å². The first-order valence-corrected chi connectivity index (χ1v) is 3.33. The van der Waals surface area contributed by atoms with Gasteiger partial charge in [0, 0.05) is 6.42 Å². The molecule has 9 heavy (non-hydrogen) atoms. The molecule has 3 nitrogen and oxygen atoms in total. The molecule has 1 aliphatic heterocycles. The Morgan fingerprint density at radius 1 is 1.56 bits per heavy atom. The third-order valence-corrected chi connectivity index (χ3v) is 1.27. The molecule has 1 atom stereocenters. The maximum absolute atomic E-state index is 5.01. The summed E-state index contributed by atoms with van der Waals surface area (Å²) in [5.41, 5.74) is 0. The van der Waals surface area contributed by atoms with Crippen LogP contribution in [0, 0.1) is 0 Å². The van der Waals surface area contributed by atoms with Gasteiger partial charge in [-0.2, -0.15) is 0 Å². The molecule has 0 aromatic heterocycles. The van der Waals surface area contributed by atoms with E-state index in [0.717, 1.165) is 12.8 Å². The zero-order chi connectivity index (χ0) is 6.53. The fraction of sp³-hybridized carbons (Fsp3) is 1.00. The van der Waals surface area contributed by atoms with Crippen molar-refractivity contribution in [1.29, 1.82) is 0 Å². The molecular formula is C6H12O3. The normalized spacial score (nSPS) is 27.0. The molecule has 0 amide bonds. The molecule has 0 aliphatic carbocycles. The van der Waals surface area contributed by atoms with Crippen molar-refractivity contribution >= 4 is 0 Å². The molecule has 0 aromatic rings. The van der Waals surface area contributed by atoms with Gasteiger partial charge in [-0.3, -0.25) is 0 Å². The molecule has 1 saturated heterocycles. The van der Waals surface area contributed by atoms with Gasteiger partial charge in [-0.25, -0.2) is 9.78 Å². The fourth-order valence-corrected chi connectivity index (χ4v) is 0.737. The van der Waals surface area contributed by atoms with E-state index in [1.54, 1.807) is 0 Å². The summed E-state index contributed by atoms with van der Waals surface area (Å²) in [5.74, 6) is 0. The lowest BCUT2D eigenvalue weighted by atomic mass is 10.2. The molecule has 0 N–H and O–H groups in total. The summed E-state index contributed by atoms with van der Waals surface area (Å²) in [4.78, 5) is 9.26. The predicted octanol–water partition coefficient (Wildman–Crippen LogP) is 1.44. The second-order valence-corrected chi connectivity index (χ2v) is 2.07. The van der Waals surface area contributed by atoms with E-state index in [2.05, 4.69) is 11.8 Å². The highest BCUT2D eigenvalue weighted by atomic mass is 17.3. The Morgan fingerprint density at radius 3 is 3.00 bits per heavy atom. The van der Waals surface area contributed by atoms with Crippen molar-refractivity contribution in [3.8, 4) is 0 Å². The Balaban J connectivity index is 1.98. The van der Waals surface area contributed by atoms with E-state index in [-0.39, 0.29) is 13.1 Å². The van der Waals surface area contributed by atoms with Crippen molar-refractivity contribution in [3.05, 3.63) is 0 Å². The van der Waals surface area contributed by atoms with Gasteiger partial charge in [0.2, 0.25) is 0 Å². The topological polar surface area (TPSA) is 27.7 Å². The maximum atomic E-state index is 5.01. The second-order valence-electron chi connectivity index (χ2n) is 2.07. The maximum Gasteiger partial charge on any atom is 0.194 e. The molecule has 1 rings (SSSR count). The Kier molecular flexibility index (Phi) is 2.97. The van der Waals surface area contributed by atoms with Crippen LogP contribution in [0.5, 0.6) is 0 Å². The Hall–Kier alpha value is -0.120. The molecule has 0 spiro atoms. The average molecular weight is 132 g/mol. The molecule has 1 aliphatic rings. The molecule has 3 heteroatoms. The molecule has 54 valence electrons. The van der Waals surface area contributed by atoms with E-state index in [4.69, 9.17) is 9.62 Å². The van der Waals surface area contributed by atoms with E-state index in [1.807, 2.05) is 0 Å². The standard InChI is InChI=1S/C6H12O3/c1-2-3-4-6-7-5-8-9-6/h6H,2-5H2,1H3. The van der Waals surface area contributed by atoms with Gasteiger partial charge in [0.1, 0.15) is 0 Å². The third-order valence-electron chi connectivity index (χ3n) is 1.27. The SMILES string of the molecule is CCCCC1OCOO1. The van der Waals surface area contributed by atoms with Crippen molar-refractivity contribution in [3.63, 3.8) is 0 Å². The summed E-state index contributed by atoms with van der Waals surface area (Å²) in [6, 6.07) is 0. The highest BCUT2D eigenvalue weighted by molar-refractivity contribution is 4.43. The van der Waals surface area contributed by atoms with Gasteiger partial charge in [0.15, 0.2) is 13.1 Å². The fourth-order valence-electron chi connectivity index (χ4n) is 0.737. The van der Waals surface area contributed by atoms with Crippen LogP contribution >= 0.6 is 0 Å². The molecule has 0 saturated carbocycles. The van der Waals surface area contributed by atoms with Crippen LogP contribution < -0.4 is 0 Å². The minimum Gasteiger partial charge on any atom is -0.320 e. The molecule has 1 heterocycles. The van der Waals surface area contributed by atoms with Gasteiger partial charge in [-0.05, 0) is 6.42 Å². The summed E-state index contributed by atoms with van der Waals surface area (Å²) in [6.45, 7) is 2.42. The summed E-state index contributed by atoms with van der Waals surface area (Å²) in [7, 11) is 0. The third kappa shape index (κ3) is 2.30. The number of ether oxygens (including phenoxy) is 1. The first kappa shape index (κ1) is 6.99. The van der Waals surface area contributed by atoms with E-state index in [1.165, 1.54) is 6.42 Å². The van der Waals surface area contributed by atoms with Gasteiger partial charge in [0.05, 0.1) is 0 Å². The number of hydrogen-bond acceptors (Lipinski definition) is 3. The van der Waals surface area contributed by atoms with Crippen molar-refractivity contribution in [2.24, 2.45) is 0 Å². The van der Waals surface area contributed by atoms with Crippen molar-refractivity contribution in [2.45, 2.75) is 32.5 Å². The van der Waals surface area contributed by atoms with Crippen LogP contribution in [-0.2, 0) is 14.5 Å². The lowest BCUT2D eigenvalue weighted by molar-refractivity contribution is -0.278. The molecule has 1 unspecified atom stereocenters. The van der Waals surface area contributed by atoms with E-state index < -0.39 is 0 Å². The monoisotopic (exact) mass is 132 g/mol. The minimum atomic E-state index is -0.107. The van der Waals surface area contributed by atoms with Crippen LogP contribution in [0.3, 0.4) is 0 Å². The predicted molar refractivity (Wildman–Crippen MR) is 31.4 cm³/mol. The van der Waals surface area contributed by atoms with Crippen LogP contribution in [0.15, 0.2) is 0 Å². The zero-order valence-corrected chi connectivity index (χ0v) is 5.63. The van der Waals surface area contributed by atoms with Crippen LogP contribution in [-0.4, -0.2) is 13.1 Å². The molecule has 0 aromatic carbocycles. The lowest BCUT2D eigenvalue weighted by Crippen LogP contribution is -2.05. The van der Waals surface area contributed by atoms with E-state index >= 15 is 0 Å². The van der Waals surface area contributed by atoms with E-state index in [9.17, 15) is 0 Å². The quantitative estimate of drug-likeness (QED) is 0.544. The summed E-state index contributed by atoms with van der Waals surface area (Å²) < 4.78 is 5.01. The van der Waals surface area contributed by atoms with Gasteiger partial charge in [-0.15, -0.1) is 0 Å². The van der Waals surface area contributed by atoms with E-state index in [0.29, 0.717) is 0 Å². The van der Waals surface area contributed by atoms with Gasteiger partial charge >= 0.3 is 0 Å². The number of hydrogen-bond donors (Lipinski definition) is 0.